The molecule has 6 nitrogen and oxygen atoms in total. The first-order chi connectivity index (χ1) is 8.27. The maximum absolute atomic E-state index is 11.8. The fourth-order valence-electron chi connectivity index (χ4n) is 1.26. The number of hydrogen-bond donors (Lipinski definition) is 2. The number of nitrogens with one attached hydrogen (secondary N) is 2. The quantitative estimate of drug-likeness (QED) is 0.695. The van der Waals surface area contributed by atoms with Gasteiger partial charge in [0.15, 0.2) is 9.84 Å². The van der Waals surface area contributed by atoms with Gasteiger partial charge in [-0.25, -0.2) is 21.6 Å². The molecule has 0 bridgehead atoms. The molecule has 0 saturated heterocycles. The van der Waals surface area contributed by atoms with Crippen LogP contribution >= 0.6 is 0 Å². The molecule has 0 aromatic heterocycles. The summed E-state index contributed by atoms with van der Waals surface area (Å²) in [4.78, 5) is 0.141. The van der Waals surface area contributed by atoms with E-state index in [2.05, 4.69) is 10.0 Å². The second kappa shape index (κ2) is 5.79. The van der Waals surface area contributed by atoms with Crippen molar-refractivity contribution >= 4 is 19.9 Å². The molecular formula is C10H16N2O4S2. The van der Waals surface area contributed by atoms with Gasteiger partial charge in [0, 0.05) is 19.3 Å². The van der Waals surface area contributed by atoms with E-state index in [1.54, 1.807) is 7.05 Å². The van der Waals surface area contributed by atoms with E-state index in [1.807, 2.05) is 0 Å². The van der Waals surface area contributed by atoms with Crippen LogP contribution in [0.2, 0.25) is 0 Å². The Balaban J connectivity index is 2.91. The molecule has 0 amide bonds. The molecule has 18 heavy (non-hydrogen) atoms. The first-order valence-electron chi connectivity index (χ1n) is 5.22. The summed E-state index contributed by atoms with van der Waals surface area (Å²) in [7, 11) is -5.17. The van der Waals surface area contributed by atoms with Gasteiger partial charge in [-0.3, -0.25) is 0 Å². The van der Waals surface area contributed by atoms with Crippen molar-refractivity contribution in [1.82, 2.24) is 10.0 Å². The zero-order valence-electron chi connectivity index (χ0n) is 10.2. The highest BCUT2D eigenvalue weighted by Crippen LogP contribution is 2.13. The van der Waals surface area contributed by atoms with Crippen LogP contribution in [-0.2, 0) is 19.9 Å². The number of sulfone groups is 1. The monoisotopic (exact) mass is 292 g/mol. The standard InChI is InChI=1S/C10H16N2O4S2/c1-11-7-8-12-18(15,16)10-5-3-9(4-6-10)17(2,13)14/h3-6,11-12H,7-8H2,1-2H3. The van der Waals surface area contributed by atoms with E-state index in [0.29, 0.717) is 6.54 Å². The summed E-state index contributed by atoms with van der Waals surface area (Å²) in [6.45, 7) is 0.785. The number of sulfonamides is 1. The van der Waals surface area contributed by atoms with Crippen LogP contribution in [0.25, 0.3) is 0 Å². The van der Waals surface area contributed by atoms with Gasteiger partial charge in [-0.1, -0.05) is 0 Å². The van der Waals surface area contributed by atoms with Gasteiger partial charge in [0.2, 0.25) is 10.0 Å². The zero-order chi connectivity index (χ0) is 13.8. The maximum Gasteiger partial charge on any atom is 0.240 e. The third-order valence-corrected chi connectivity index (χ3v) is 4.83. The van der Waals surface area contributed by atoms with Gasteiger partial charge in [-0.05, 0) is 31.3 Å². The highest BCUT2D eigenvalue weighted by Gasteiger charge is 2.14. The van der Waals surface area contributed by atoms with Gasteiger partial charge < -0.3 is 5.32 Å². The van der Waals surface area contributed by atoms with Gasteiger partial charge in [0.25, 0.3) is 0 Å². The lowest BCUT2D eigenvalue weighted by Crippen LogP contribution is -2.30. The maximum atomic E-state index is 11.8. The Morgan fingerprint density at radius 2 is 1.44 bits per heavy atom. The van der Waals surface area contributed by atoms with E-state index < -0.39 is 19.9 Å². The van der Waals surface area contributed by atoms with E-state index >= 15 is 0 Å². The summed E-state index contributed by atoms with van der Waals surface area (Å²) in [5.41, 5.74) is 0. The minimum atomic E-state index is -3.58. The van der Waals surface area contributed by atoms with E-state index in [0.717, 1.165) is 6.26 Å². The Kier molecular flexibility index (Phi) is 4.85. The molecule has 0 saturated carbocycles. The Bertz CT molecular complexity index is 591. The third kappa shape index (κ3) is 4.05. The molecule has 0 unspecified atom stereocenters. The minimum absolute atomic E-state index is 0.0472. The Morgan fingerprint density at radius 1 is 0.944 bits per heavy atom. The molecule has 102 valence electrons. The second-order valence-corrected chi connectivity index (χ2v) is 7.53. The first kappa shape index (κ1) is 15.1. The molecule has 1 rings (SSSR count). The molecule has 0 aliphatic rings. The second-order valence-electron chi connectivity index (χ2n) is 3.74. The lowest BCUT2D eigenvalue weighted by Gasteiger charge is -2.06. The first-order valence-corrected chi connectivity index (χ1v) is 8.59. The zero-order valence-corrected chi connectivity index (χ0v) is 11.8. The van der Waals surface area contributed by atoms with E-state index in [1.165, 1.54) is 24.3 Å². The van der Waals surface area contributed by atoms with Crippen molar-refractivity contribution in [1.29, 1.82) is 0 Å². The van der Waals surface area contributed by atoms with Crippen LogP contribution < -0.4 is 10.0 Å². The summed E-state index contributed by atoms with van der Waals surface area (Å²) in [6.07, 6.45) is 1.07. The lowest BCUT2D eigenvalue weighted by atomic mass is 10.4. The van der Waals surface area contributed by atoms with Crippen LogP contribution in [0, 0.1) is 0 Å². The average Bonchev–Trinajstić information content (AvgIpc) is 2.28. The normalized spacial score (nSPS) is 12.6. The van der Waals surface area contributed by atoms with Crippen molar-refractivity contribution < 1.29 is 16.8 Å². The molecule has 0 aliphatic carbocycles. The number of hydrogen-bond acceptors (Lipinski definition) is 5. The van der Waals surface area contributed by atoms with Gasteiger partial charge in [-0.2, -0.15) is 0 Å². The van der Waals surface area contributed by atoms with Gasteiger partial charge >= 0.3 is 0 Å². The summed E-state index contributed by atoms with van der Waals surface area (Å²) in [6, 6.07) is 5.11. The van der Waals surface area contributed by atoms with E-state index in [4.69, 9.17) is 0 Å². The van der Waals surface area contributed by atoms with Crippen molar-refractivity contribution in [3.8, 4) is 0 Å². The summed E-state index contributed by atoms with van der Waals surface area (Å²) >= 11 is 0. The molecule has 1 aromatic carbocycles. The van der Waals surface area contributed by atoms with E-state index in [9.17, 15) is 16.8 Å². The van der Waals surface area contributed by atoms with Crippen LogP contribution in [-0.4, -0.2) is 43.2 Å². The molecule has 0 atom stereocenters. The van der Waals surface area contributed by atoms with Gasteiger partial charge in [-0.15, -0.1) is 0 Å². The van der Waals surface area contributed by atoms with Crippen molar-refractivity contribution in [3.63, 3.8) is 0 Å². The van der Waals surface area contributed by atoms with Crippen molar-refractivity contribution in [3.05, 3.63) is 24.3 Å². The smallest absolute Gasteiger partial charge is 0.240 e. The summed E-state index contributed by atoms with van der Waals surface area (Å²) < 4.78 is 48.4. The number of likely N-dealkylation sites (N-methyl/N-ethyl adjacent to an activating group) is 1. The summed E-state index contributed by atoms with van der Waals surface area (Å²) in [5.74, 6) is 0. The van der Waals surface area contributed by atoms with Crippen LogP contribution in [0.3, 0.4) is 0 Å². The molecule has 2 N–H and O–H groups in total. The van der Waals surface area contributed by atoms with Crippen LogP contribution in [0.4, 0.5) is 0 Å². The molecule has 0 fully saturated rings. The fourth-order valence-corrected chi connectivity index (χ4v) is 2.92. The van der Waals surface area contributed by atoms with Crippen LogP contribution in [0.15, 0.2) is 34.1 Å². The van der Waals surface area contributed by atoms with Gasteiger partial charge in [0.1, 0.15) is 0 Å². The van der Waals surface area contributed by atoms with Crippen LogP contribution in [0.1, 0.15) is 0 Å². The Morgan fingerprint density at radius 3 is 1.89 bits per heavy atom. The largest absolute Gasteiger partial charge is 0.318 e. The number of rotatable bonds is 6. The predicted octanol–water partition coefficient (Wildman–Crippen LogP) is -0.412. The minimum Gasteiger partial charge on any atom is -0.318 e. The summed E-state index contributed by atoms with van der Waals surface area (Å²) in [5, 5.41) is 2.81. The SMILES string of the molecule is CNCCNS(=O)(=O)c1ccc(S(C)(=O)=O)cc1. The number of benzene rings is 1. The van der Waals surface area contributed by atoms with Crippen molar-refractivity contribution in [2.45, 2.75) is 9.79 Å². The van der Waals surface area contributed by atoms with Crippen molar-refractivity contribution in [2.24, 2.45) is 0 Å². The highest BCUT2D eigenvalue weighted by atomic mass is 32.2. The predicted molar refractivity (Wildman–Crippen MR) is 68.7 cm³/mol. The topological polar surface area (TPSA) is 92.3 Å². The fraction of sp³-hybridized carbons (Fsp3) is 0.400. The van der Waals surface area contributed by atoms with Crippen LogP contribution in [0.5, 0.6) is 0 Å². The van der Waals surface area contributed by atoms with Gasteiger partial charge in [0.05, 0.1) is 9.79 Å². The molecular weight excluding hydrogens is 276 g/mol. The molecule has 0 aliphatic heterocycles. The molecule has 1 aromatic rings. The van der Waals surface area contributed by atoms with E-state index in [-0.39, 0.29) is 16.3 Å². The van der Waals surface area contributed by atoms with Crippen molar-refractivity contribution in [2.75, 3.05) is 26.4 Å². The molecule has 0 radical (unpaired) electrons. The lowest BCUT2D eigenvalue weighted by molar-refractivity contribution is 0.579. The molecule has 0 spiro atoms. The Labute approximate surface area is 107 Å². The third-order valence-electron chi connectivity index (χ3n) is 2.23. The average molecular weight is 292 g/mol. The Hall–Kier alpha value is -0.960. The molecule has 8 heteroatoms. The highest BCUT2D eigenvalue weighted by molar-refractivity contribution is 7.90. The molecule has 0 heterocycles.